The third-order valence-electron chi connectivity index (χ3n) is 1.77. The summed E-state index contributed by atoms with van der Waals surface area (Å²) in [5.41, 5.74) is 1.99. The summed E-state index contributed by atoms with van der Waals surface area (Å²) >= 11 is 0. The molecule has 2 rings (SSSR count). The summed E-state index contributed by atoms with van der Waals surface area (Å²) in [6.07, 6.45) is 0. The SMILES string of the molecule is [Na+].c1ccc([N-]c2ccccc2)cc1. The Morgan fingerprint density at radius 1 is 0.571 bits per heavy atom. The van der Waals surface area contributed by atoms with E-state index in [1.807, 2.05) is 60.7 Å². The minimum absolute atomic E-state index is 0. The molecule has 0 spiro atoms. The summed E-state index contributed by atoms with van der Waals surface area (Å²) < 4.78 is 0. The molecule has 64 valence electrons. The largest absolute Gasteiger partial charge is 1.00 e. The van der Waals surface area contributed by atoms with E-state index in [2.05, 4.69) is 5.32 Å². The van der Waals surface area contributed by atoms with Crippen molar-refractivity contribution >= 4 is 11.4 Å². The first-order valence-electron chi connectivity index (χ1n) is 4.27. The van der Waals surface area contributed by atoms with Gasteiger partial charge < -0.3 is 5.32 Å². The zero-order chi connectivity index (χ0) is 8.93. The van der Waals surface area contributed by atoms with E-state index in [1.54, 1.807) is 0 Å². The number of para-hydroxylation sites is 2. The van der Waals surface area contributed by atoms with E-state index in [4.69, 9.17) is 0 Å². The molecule has 0 aliphatic carbocycles. The van der Waals surface area contributed by atoms with Crippen molar-refractivity contribution in [2.45, 2.75) is 0 Å². The fraction of sp³-hybridized carbons (Fsp3) is 0. The second-order valence-electron chi connectivity index (χ2n) is 2.78. The number of nitrogens with zero attached hydrogens (tertiary/aromatic N) is 1. The van der Waals surface area contributed by atoms with Gasteiger partial charge in [-0.3, -0.25) is 0 Å². The Labute approximate surface area is 106 Å². The molecule has 0 aliphatic heterocycles. The van der Waals surface area contributed by atoms with Crippen molar-refractivity contribution in [2.24, 2.45) is 0 Å². The van der Waals surface area contributed by atoms with Gasteiger partial charge in [-0.1, -0.05) is 60.7 Å². The van der Waals surface area contributed by atoms with Crippen LogP contribution in [0.3, 0.4) is 0 Å². The van der Waals surface area contributed by atoms with Gasteiger partial charge >= 0.3 is 29.6 Å². The number of benzene rings is 2. The van der Waals surface area contributed by atoms with Crippen LogP contribution in [0.2, 0.25) is 0 Å². The summed E-state index contributed by atoms with van der Waals surface area (Å²) in [5.74, 6) is 0. The Bertz CT molecular complexity index is 321. The number of hydrogen-bond donors (Lipinski definition) is 0. The first kappa shape index (κ1) is 11.3. The van der Waals surface area contributed by atoms with Gasteiger partial charge in [0.15, 0.2) is 0 Å². The summed E-state index contributed by atoms with van der Waals surface area (Å²) in [6, 6.07) is 19.9. The van der Waals surface area contributed by atoms with Gasteiger partial charge in [-0.2, -0.15) is 0 Å². The van der Waals surface area contributed by atoms with Crippen molar-refractivity contribution < 1.29 is 29.6 Å². The third-order valence-corrected chi connectivity index (χ3v) is 1.77. The van der Waals surface area contributed by atoms with E-state index in [1.165, 1.54) is 0 Å². The third kappa shape index (κ3) is 3.18. The number of hydrogen-bond acceptors (Lipinski definition) is 0. The molecular formula is C12H10NNa. The van der Waals surface area contributed by atoms with Gasteiger partial charge in [-0.25, -0.2) is 0 Å². The summed E-state index contributed by atoms with van der Waals surface area (Å²) in [4.78, 5) is 0. The summed E-state index contributed by atoms with van der Waals surface area (Å²) in [5, 5.41) is 4.44. The Morgan fingerprint density at radius 3 is 1.29 bits per heavy atom. The normalized spacial score (nSPS) is 8.86. The molecule has 0 saturated heterocycles. The summed E-state index contributed by atoms with van der Waals surface area (Å²) in [7, 11) is 0. The van der Waals surface area contributed by atoms with Gasteiger partial charge in [-0.05, 0) is 0 Å². The average Bonchev–Trinajstić information content (AvgIpc) is 2.21. The zero-order valence-corrected chi connectivity index (χ0v) is 10.2. The first-order chi connectivity index (χ1) is 6.45. The van der Waals surface area contributed by atoms with Gasteiger partial charge in [0.2, 0.25) is 0 Å². The molecular weight excluding hydrogens is 181 g/mol. The van der Waals surface area contributed by atoms with Crippen molar-refractivity contribution in [3.63, 3.8) is 0 Å². The average molecular weight is 191 g/mol. The van der Waals surface area contributed by atoms with Crippen molar-refractivity contribution in [3.05, 3.63) is 66.0 Å². The molecule has 0 heterocycles. The molecule has 2 heteroatoms. The Kier molecular flexibility index (Phi) is 4.74. The maximum atomic E-state index is 4.44. The van der Waals surface area contributed by atoms with Crippen LogP contribution in [0.15, 0.2) is 60.7 Å². The van der Waals surface area contributed by atoms with E-state index < -0.39 is 0 Å². The van der Waals surface area contributed by atoms with E-state index in [9.17, 15) is 0 Å². The fourth-order valence-corrected chi connectivity index (χ4v) is 1.15. The molecule has 0 atom stereocenters. The number of rotatable bonds is 2. The van der Waals surface area contributed by atoms with Crippen molar-refractivity contribution in [1.29, 1.82) is 0 Å². The van der Waals surface area contributed by atoms with Gasteiger partial charge in [0.25, 0.3) is 0 Å². The quantitative estimate of drug-likeness (QED) is 0.629. The van der Waals surface area contributed by atoms with Crippen LogP contribution in [0.4, 0.5) is 11.4 Å². The molecule has 0 saturated carbocycles. The molecule has 0 fully saturated rings. The monoisotopic (exact) mass is 191 g/mol. The predicted molar refractivity (Wildman–Crippen MR) is 55.6 cm³/mol. The topological polar surface area (TPSA) is 14.1 Å². The molecule has 0 bridgehead atoms. The van der Waals surface area contributed by atoms with E-state index in [0.717, 1.165) is 11.4 Å². The van der Waals surface area contributed by atoms with Crippen LogP contribution in [0, 0.1) is 0 Å². The van der Waals surface area contributed by atoms with Crippen LogP contribution in [0.25, 0.3) is 5.32 Å². The van der Waals surface area contributed by atoms with E-state index >= 15 is 0 Å². The first-order valence-corrected chi connectivity index (χ1v) is 4.27. The van der Waals surface area contributed by atoms with Crippen LogP contribution in [0.1, 0.15) is 0 Å². The summed E-state index contributed by atoms with van der Waals surface area (Å²) in [6.45, 7) is 0. The molecule has 0 unspecified atom stereocenters. The predicted octanol–water partition coefficient (Wildman–Crippen LogP) is 1.03. The van der Waals surface area contributed by atoms with E-state index in [-0.39, 0.29) is 29.6 Å². The molecule has 1 nitrogen and oxygen atoms in total. The second-order valence-corrected chi connectivity index (χ2v) is 2.78. The molecule has 0 radical (unpaired) electrons. The van der Waals surface area contributed by atoms with Crippen LogP contribution in [-0.4, -0.2) is 0 Å². The molecule has 0 amide bonds. The molecule has 0 aliphatic rings. The Hall–Kier alpha value is -0.760. The van der Waals surface area contributed by atoms with Crippen LogP contribution < -0.4 is 29.6 Å². The molecule has 2 aromatic rings. The maximum Gasteiger partial charge on any atom is 1.00 e. The van der Waals surface area contributed by atoms with Gasteiger partial charge in [-0.15, -0.1) is 11.4 Å². The van der Waals surface area contributed by atoms with Crippen LogP contribution in [0.5, 0.6) is 0 Å². The standard InChI is InChI=1S/C12H10N.Na/c1-3-7-11(8-4-1)13-12-9-5-2-6-10-12;/h1-10H;/q-1;+1. The second kappa shape index (κ2) is 5.86. The fourth-order valence-electron chi connectivity index (χ4n) is 1.15. The van der Waals surface area contributed by atoms with Crippen LogP contribution >= 0.6 is 0 Å². The smallest absolute Gasteiger partial charge is 0.658 e. The van der Waals surface area contributed by atoms with Crippen molar-refractivity contribution in [1.82, 2.24) is 0 Å². The Balaban J connectivity index is 0.000000980. The molecule has 2 aromatic carbocycles. The molecule has 14 heavy (non-hydrogen) atoms. The minimum Gasteiger partial charge on any atom is -0.658 e. The van der Waals surface area contributed by atoms with Gasteiger partial charge in [0.05, 0.1) is 0 Å². The maximum absolute atomic E-state index is 4.44. The van der Waals surface area contributed by atoms with Gasteiger partial charge in [0, 0.05) is 0 Å². The van der Waals surface area contributed by atoms with Crippen molar-refractivity contribution in [3.8, 4) is 0 Å². The zero-order valence-electron chi connectivity index (χ0n) is 8.22. The molecule has 0 N–H and O–H groups in total. The van der Waals surface area contributed by atoms with E-state index in [0.29, 0.717) is 0 Å². The van der Waals surface area contributed by atoms with Gasteiger partial charge in [0.1, 0.15) is 0 Å². The minimum atomic E-state index is 0. The van der Waals surface area contributed by atoms with Crippen LogP contribution in [-0.2, 0) is 0 Å². The Morgan fingerprint density at radius 2 is 0.929 bits per heavy atom. The molecule has 0 aromatic heterocycles. The van der Waals surface area contributed by atoms with Crippen molar-refractivity contribution in [2.75, 3.05) is 0 Å².